The lowest BCUT2D eigenvalue weighted by Crippen LogP contribution is -2.52. The third kappa shape index (κ3) is 3.94. The molecular formula is C15H30N2O. The molecular weight excluding hydrogens is 224 g/mol. The summed E-state index contributed by atoms with van der Waals surface area (Å²) in [6.45, 7) is 8.51. The van der Waals surface area contributed by atoms with Gasteiger partial charge in [-0.25, -0.2) is 0 Å². The second-order valence-corrected chi connectivity index (χ2v) is 6.27. The van der Waals surface area contributed by atoms with Crippen LogP contribution in [0.1, 0.15) is 46.0 Å². The number of nitrogens with zero attached hydrogens (tertiary/aromatic N) is 1. The van der Waals surface area contributed by atoms with Crippen molar-refractivity contribution < 1.29 is 5.11 Å². The zero-order valence-corrected chi connectivity index (χ0v) is 12.1. The molecule has 1 saturated carbocycles. The molecule has 2 N–H and O–H groups in total. The maximum atomic E-state index is 8.86. The Morgan fingerprint density at radius 2 is 2.11 bits per heavy atom. The number of aliphatic hydroxyl groups is 1. The highest BCUT2D eigenvalue weighted by Crippen LogP contribution is 2.36. The van der Waals surface area contributed by atoms with Crippen LogP contribution in [0.25, 0.3) is 0 Å². The van der Waals surface area contributed by atoms with Gasteiger partial charge in [-0.05, 0) is 51.0 Å². The van der Waals surface area contributed by atoms with Crippen molar-refractivity contribution in [1.82, 2.24) is 10.2 Å². The van der Waals surface area contributed by atoms with Crippen molar-refractivity contribution in [1.29, 1.82) is 0 Å². The minimum atomic E-state index is 0.305. The van der Waals surface area contributed by atoms with Gasteiger partial charge in [0.15, 0.2) is 0 Å². The van der Waals surface area contributed by atoms with Gasteiger partial charge in [-0.15, -0.1) is 0 Å². The topological polar surface area (TPSA) is 35.5 Å². The summed E-state index contributed by atoms with van der Waals surface area (Å²) in [4.78, 5) is 2.71. The van der Waals surface area contributed by atoms with Crippen LogP contribution in [0.3, 0.4) is 0 Å². The van der Waals surface area contributed by atoms with E-state index in [1.54, 1.807) is 0 Å². The van der Waals surface area contributed by atoms with E-state index >= 15 is 0 Å². The number of nitrogens with one attached hydrogen (secondary N) is 1. The average Bonchev–Trinajstić information content (AvgIpc) is 3.22. The van der Waals surface area contributed by atoms with E-state index in [0.29, 0.717) is 12.6 Å². The summed E-state index contributed by atoms with van der Waals surface area (Å²) in [7, 11) is 0. The average molecular weight is 254 g/mol. The zero-order chi connectivity index (χ0) is 13.0. The number of rotatable bonds is 7. The van der Waals surface area contributed by atoms with Crippen LogP contribution < -0.4 is 5.32 Å². The van der Waals surface area contributed by atoms with Gasteiger partial charge in [0, 0.05) is 31.8 Å². The normalized spacial score (nSPS) is 31.5. The zero-order valence-electron chi connectivity index (χ0n) is 12.1. The van der Waals surface area contributed by atoms with E-state index in [9.17, 15) is 0 Å². The molecule has 0 aromatic rings. The van der Waals surface area contributed by atoms with Gasteiger partial charge in [0.2, 0.25) is 0 Å². The largest absolute Gasteiger partial charge is 0.396 e. The molecule has 0 spiro atoms. The van der Waals surface area contributed by atoms with Crippen molar-refractivity contribution in [3.63, 3.8) is 0 Å². The summed E-state index contributed by atoms with van der Waals surface area (Å²) in [6.07, 6.45) is 6.38. The van der Waals surface area contributed by atoms with E-state index in [4.69, 9.17) is 5.11 Å². The SMILES string of the molecule is CCC1CC(NCCCO)CN(C(C)C2CC2)C1. The number of hydrogen-bond donors (Lipinski definition) is 2. The predicted octanol–water partition coefficient (Wildman–Crippen LogP) is 1.86. The predicted molar refractivity (Wildman–Crippen MR) is 75.7 cm³/mol. The third-order valence-corrected chi connectivity index (χ3v) is 4.79. The van der Waals surface area contributed by atoms with Crippen LogP contribution in [0, 0.1) is 11.8 Å². The summed E-state index contributed by atoms with van der Waals surface area (Å²) >= 11 is 0. The lowest BCUT2D eigenvalue weighted by Gasteiger charge is -2.41. The van der Waals surface area contributed by atoms with Crippen molar-refractivity contribution in [2.45, 2.75) is 58.0 Å². The van der Waals surface area contributed by atoms with Crippen molar-refractivity contribution in [2.75, 3.05) is 26.2 Å². The minimum absolute atomic E-state index is 0.305. The first kappa shape index (κ1) is 14.3. The first-order chi connectivity index (χ1) is 8.74. The molecule has 0 amide bonds. The molecule has 2 aliphatic rings. The maximum Gasteiger partial charge on any atom is 0.0443 e. The maximum absolute atomic E-state index is 8.86. The van der Waals surface area contributed by atoms with Crippen LogP contribution in [-0.4, -0.2) is 48.3 Å². The lowest BCUT2D eigenvalue weighted by atomic mass is 9.90. The second-order valence-electron chi connectivity index (χ2n) is 6.27. The molecule has 1 aliphatic carbocycles. The summed E-state index contributed by atoms with van der Waals surface area (Å²) < 4.78 is 0. The van der Waals surface area contributed by atoms with Gasteiger partial charge in [-0.1, -0.05) is 13.3 Å². The molecule has 3 atom stereocenters. The Kier molecular flexibility index (Phi) is 5.46. The molecule has 0 aromatic carbocycles. The molecule has 3 heteroatoms. The molecule has 18 heavy (non-hydrogen) atoms. The summed E-state index contributed by atoms with van der Waals surface area (Å²) in [5.74, 6) is 1.82. The summed E-state index contributed by atoms with van der Waals surface area (Å²) in [5, 5.41) is 12.5. The Balaban J connectivity index is 1.82. The van der Waals surface area contributed by atoms with Gasteiger partial charge >= 0.3 is 0 Å². The van der Waals surface area contributed by atoms with Crippen LogP contribution >= 0.6 is 0 Å². The summed E-state index contributed by atoms with van der Waals surface area (Å²) in [6, 6.07) is 1.41. The van der Waals surface area contributed by atoms with Gasteiger partial charge in [-0.3, -0.25) is 4.90 Å². The van der Waals surface area contributed by atoms with Crippen LogP contribution in [0.15, 0.2) is 0 Å². The van der Waals surface area contributed by atoms with Crippen molar-refractivity contribution >= 4 is 0 Å². The van der Waals surface area contributed by atoms with E-state index in [-0.39, 0.29) is 0 Å². The highest BCUT2D eigenvalue weighted by Gasteiger charge is 2.36. The Hall–Kier alpha value is -0.120. The van der Waals surface area contributed by atoms with Gasteiger partial charge in [0.25, 0.3) is 0 Å². The Morgan fingerprint density at radius 1 is 1.33 bits per heavy atom. The molecule has 0 bridgehead atoms. The molecule has 2 fully saturated rings. The summed E-state index contributed by atoms with van der Waals surface area (Å²) in [5.41, 5.74) is 0. The monoisotopic (exact) mass is 254 g/mol. The third-order valence-electron chi connectivity index (χ3n) is 4.79. The van der Waals surface area contributed by atoms with Crippen LogP contribution in [0.2, 0.25) is 0 Å². The fraction of sp³-hybridized carbons (Fsp3) is 1.00. The van der Waals surface area contributed by atoms with Crippen LogP contribution in [0.5, 0.6) is 0 Å². The van der Waals surface area contributed by atoms with Gasteiger partial charge in [0.05, 0.1) is 0 Å². The molecule has 3 unspecified atom stereocenters. The van der Waals surface area contributed by atoms with E-state index in [1.807, 2.05) is 0 Å². The smallest absolute Gasteiger partial charge is 0.0443 e. The fourth-order valence-corrected chi connectivity index (χ4v) is 3.28. The number of aliphatic hydroxyl groups excluding tert-OH is 1. The lowest BCUT2D eigenvalue weighted by molar-refractivity contribution is 0.0921. The van der Waals surface area contributed by atoms with E-state index in [1.165, 1.54) is 38.8 Å². The Morgan fingerprint density at radius 3 is 2.72 bits per heavy atom. The molecule has 1 heterocycles. The fourth-order valence-electron chi connectivity index (χ4n) is 3.28. The van der Waals surface area contributed by atoms with Crippen LogP contribution in [0.4, 0.5) is 0 Å². The molecule has 0 aromatic heterocycles. The molecule has 1 aliphatic heterocycles. The molecule has 3 nitrogen and oxygen atoms in total. The highest BCUT2D eigenvalue weighted by atomic mass is 16.3. The second kappa shape index (κ2) is 6.88. The van der Waals surface area contributed by atoms with E-state index < -0.39 is 0 Å². The highest BCUT2D eigenvalue weighted by molar-refractivity contribution is 4.91. The van der Waals surface area contributed by atoms with E-state index in [0.717, 1.165) is 30.8 Å². The van der Waals surface area contributed by atoms with Crippen LogP contribution in [-0.2, 0) is 0 Å². The standard InChI is InChI=1S/C15H30N2O/c1-3-13-9-15(16-7-4-8-18)11-17(10-13)12(2)14-5-6-14/h12-16,18H,3-11H2,1-2H3. The number of likely N-dealkylation sites (tertiary alicyclic amines) is 1. The molecule has 1 saturated heterocycles. The first-order valence-corrected chi connectivity index (χ1v) is 7.82. The van der Waals surface area contributed by atoms with Gasteiger partial charge in [-0.2, -0.15) is 0 Å². The molecule has 106 valence electrons. The quantitative estimate of drug-likeness (QED) is 0.681. The van der Waals surface area contributed by atoms with Crippen molar-refractivity contribution in [2.24, 2.45) is 11.8 Å². The van der Waals surface area contributed by atoms with Gasteiger partial charge < -0.3 is 10.4 Å². The Bertz CT molecular complexity index is 243. The van der Waals surface area contributed by atoms with Gasteiger partial charge in [0.1, 0.15) is 0 Å². The Labute approximate surface area is 112 Å². The number of piperidine rings is 1. The number of hydrogen-bond acceptors (Lipinski definition) is 3. The van der Waals surface area contributed by atoms with E-state index in [2.05, 4.69) is 24.1 Å². The molecule has 0 radical (unpaired) electrons. The van der Waals surface area contributed by atoms with Crippen molar-refractivity contribution in [3.8, 4) is 0 Å². The minimum Gasteiger partial charge on any atom is -0.396 e. The van der Waals surface area contributed by atoms with Crippen molar-refractivity contribution in [3.05, 3.63) is 0 Å². The first-order valence-electron chi connectivity index (χ1n) is 7.82. The molecule has 2 rings (SSSR count).